The minimum absolute atomic E-state index is 0. The van der Waals surface area contributed by atoms with Crippen molar-refractivity contribution in [2.45, 2.75) is 26.7 Å². The van der Waals surface area contributed by atoms with Gasteiger partial charge in [-0.1, -0.05) is 0 Å². The summed E-state index contributed by atoms with van der Waals surface area (Å²) in [5, 5.41) is 0. The van der Waals surface area contributed by atoms with Gasteiger partial charge in [-0.2, -0.15) is 0 Å². The van der Waals surface area contributed by atoms with Crippen LogP contribution in [-0.2, 0) is 20.4 Å². The maximum Gasteiger partial charge on any atom is -1.00 e. The van der Waals surface area contributed by atoms with Crippen LogP contribution in [0.25, 0.3) is 0 Å². The smallest absolute Gasteiger partial charge is 1.00 e. The van der Waals surface area contributed by atoms with Crippen molar-refractivity contribution in [2.24, 2.45) is 0 Å². The van der Waals surface area contributed by atoms with E-state index in [1.54, 1.807) is 9.45 Å². The SMILES string of the molecule is CCC1=[C]([Ti+3])CC=C1C.[Cl-].[Cl-].[Cl-]. The Labute approximate surface area is 105 Å². The Hall–Kier alpha value is 1.06. The van der Waals surface area contributed by atoms with Crippen molar-refractivity contribution in [2.75, 3.05) is 0 Å². The van der Waals surface area contributed by atoms with E-state index in [9.17, 15) is 0 Å². The molecule has 0 heterocycles. The Kier molecular flexibility index (Phi) is 13.5. The van der Waals surface area contributed by atoms with Crippen molar-refractivity contribution < 1.29 is 57.7 Å². The van der Waals surface area contributed by atoms with Crippen molar-refractivity contribution in [1.82, 2.24) is 0 Å². The van der Waals surface area contributed by atoms with Crippen LogP contribution in [-0.4, -0.2) is 0 Å². The second-order valence-electron chi connectivity index (χ2n) is 2.40. The maximum atomic E-state index is 2.31. The molecule has 0 N–H and O–H groups in total. The zero-order valence-electron chi connectivity index (χ0n) is 7.13. The Morgan fingerprint density at radius 2 is 1.83 bits per heavy atom. The first-order valence-corrected chi connectivity index (χ1v) is 4.14. The molecule has 0 spiro atoms. The number of allylic oxidation sites excluding steroid dienone is 4. The average Bonchev–Trinajstić information content (AvgIpc) is 2.12. The van der Waals surface area contributed by atoms with E-state index in [1.165, 1.54) is 18.4 Å². The topological polar surface area (TPSA) is 0 Å². The van der Waals surface area contributed by atoms with Crippen molar-refractivity contribution in [3.05, 3.63) is 21.1 Å². The van der Waals surface area contributed by atoms with E-state index in [0.717, 1.165) is 0 Å². The second-order valence-corrected chi connectivity index (χ2v) is 3.34. The first-order chi connectivity index (χ1) is 4.25. The molecular weight excluding hydrogens is 250 g/mol. The largest absolute Gasteiger partial charge is 1.00 e. The monoisotopic (exact) mass is 260 g/mol. The summed E-state index contributed by atoms with van der Waals surface area (Å²) in [4.78, 5) is 0. The molecule has 0 radical (unpaired) electrons. The van der Waals surface area contributed by atoms with Crippen LogP contribution >= 0.6 is 0 Å². The number of halogens is 3. The van der Waals surface area contributed by atoms with Crippen molar-refractivity contribution >= 4 is 0 Å². The molecule has 0 aromatic rings. The summed E-state index contributed by atoms with van der Waals surface area (Å²) in [5.74, 6) is 0. The van der Waals surface area contributed by atoms with E-state index < -0.39 is 0 Å². The molecule has 1 rings (SSSR count). The van der Waals surface area contributed by atoms with Crippen LogP contribution in [0.15, 0.2) is 21.1 Å². The van der Waals surface area contributed by atoms with Crippen LogP contribution < -0.4 is 37.2 Å². The standard InChI is InChI=1S/C8H11.3ClH.Ti/c1-3-8-6-4-5-7(8)2;;;;/h5H,3-4H2,1-2H3;3*1H;/q;;;;+3/p-3. The minimum atomic E-state index is 0. The molecule has 0 aliphatic heterocycles. The fourth-order valence-electron chi connectivity index (χ4n) is 1.23. The minimum Gasteiger partial charge on any atom is -1.00 e. The molecule has 0 amide bonds. The van der Waals surface area contributed by atoms with E-state index in [0.29, 0.717) is 0 Å². The van der Waals surface area contributed by atoms with Gasteiger partial charge in [0.25, 0.3) is 0 Å². The Balaban J connectivity index is -0.000000270. The fraction of sp³-hybridized carbons (Fsp3) is 0.500. The summed E-state index contributed by atoms with van der Waals surface area (Å²) in [5.41, 5.74) is 3.07. The Morgan fingerprint density at radius 3 is 2.00 bits per heavy atom. The molecule has 4 heteroatoms. The molecule has 12 heavy (non-hydrogen) atoms. The van der Waals surface area contributed by atoms with Gasteiger partial charge in [-0.25, -0.2) is 0 Å². The average molecular weight is 261 g/mol. The maximum absolute atomic E-state index is 2.31. The van der Waals surface area contributed by atoms with E-state index in [2.05, 4.69) is 40.4 Å². The van der Waals surface area contributed by atoms with Gasteiger partial charge in [-0.15, -0.1) is 0 Å². The zero-order chi connectivity index (χ0) is 6.85. The third kappa shape index (κ3) is 4.34. The summed E-state index contributed by atoms with van der Waals surface area (Å²) < 4.78 is 1.56. The van der Waals surface area contributed by atoms with E-state index in [4.69, 9.17) is 0 Å². The molecule has 0 aromatic carbocycles. The van der Waals surface area contributed by atoms with Gasteiger partial charge in [-0.05, 0) is 0 Å². The van der Waals surface area contributed by atoms with Crippen LogP contribution in [0.3, 0.4) is 0 Å². The van der Waals surface area contributed by atoms with Crippen LogP contribution in [0.2, 0.25) is 0 Å². The van der Waals surface area contributed by atoms with Gasteiger partial charge in [0, 0.05) is 0 Å². The molecule has 1 aliphatic rings. The van der Waals surface area contributed by atoms with Gasteiger partial charge in [0.2, 0.25) is 0 Å². The Morgan fingerprint density at radius 1 is 1.33 bits per heavy atom. The van der Waals surface area contributed by atoms with Crippen molar-refractivity contribution in [3.8, 4) is 0 Å². The van der Waals surface area contributed by atoms with Crippen molar-refractivity contribution in [1.29, 1.82) is 0 Å². The molecule has 0 saturated heterocycles. The first kappa shape index (κ1) is 18.8. The molecule has 0 fully saturated rings. The summed E-state index contributed by atoms with van der Waals surface area (Å²) >= 11 is 2.23. The van der Waals surface area contributed by atoms with Gasteiger partial charge in [0.1, 0.15) is 0 Å². The van der Waals surface area contributed by atoms with Gasteiger partial charge in [0.05, 0.1) is 0 Å². The van der Waals surface area contributed by atoms with Gasteiger partial charge in [-0.3, -0.25) is 0 Å². The molecule has 0 saturated carbocycles. The predicted octanol–water partition coefficient (Wildman–Crippen LogP) is -6.44. The molecule has 0 aromatic heterocycles. The van der Waals surface area contributed by atoms with Crippen molar-refractivity contribution in [3.63, 3.8) is 0 Å². The van der Waals surface area contributed by atoms with Gasteiger partial charge >= 0.3 is 68.2 Å². The molecule has 0 atom stereocenters. The summed E-state index contributed by atoms with van der Waals surface area (Å²) in [6, 6.07) is 0. The molecule has 0 unspecified atom stereocenters. The van der Waals surface area contributed by atoms with Crippen LogP contribution in [0.1, 0.15) is 26.7 Å². The summed E-state index contributed by atoms with van der Waals surface area (Å²) in [6.07, 6.45) is 4.71. The van der Waals surface area contributed by atoms with Crippen LogP contribution in [0.4, 0.5) is 0 Å². The van der Waals surface area contributed by atoms with Gasteiger partial charge in [0.15, 0.2) is 0 Å². The van der Waals surface area contributed by atoms with Gasteiger partial charge < -0.3 is 37.2 Å². The molecule has 0 nitrogen and oxygen atoms in total. The quantitative estimate of drug-likeness (QED) is 0.412. The van der Waals surface area contributed by atoms with E-state index in [1.807, 2.05) is 0 Å². The summed E-state index contributed by atoms with van der Waals surface area (Å²) in [6.45, 7) is 4.43. The van der Waals surface area contributed by atoms with Crippen LogP contribution in [0, 0.1) is 0 Å². The second kappa shape index (κ2) is 8.65. The molecular formula is C8H11Cl3Ti. The van der Waals surface area contributed by atoms with E-state index >= 15 is 0 Å². The molecule has 0 bridgehead atoms. The summed E-state index contributed by atoms with van der Waals surface area (Å²) in [7, 11) is 0. The number of hydrogen-bond acceptors (Lipinski definition) is 0. The molecule has 68 valence electrons. The normalized spacial score (nSPS) is 14.2. The molecule has 1 aliphatic carbocycles. The Bertz CT molecular complexity index is 185. The first-order valence-electron chi connectivity index (χ1n) is 3.36. The fourth-order valence-corrected chi connectivity index (χ4v) is 1.98. The van der Waals surface area contributed by atoms with E-state index in [-0.39, 0.29) is 37.2 Å². The predicted molar refractivity (Wildman–Crippen MR) is 35.7 cm³/mol. The third-order valence-electron chi connectivity index (χ3n) is 1.81. The number of hydrogen-bond donors (Lipinski definition) is 0. The third-order valence-corrected chi connectivity index (χ3v) is 2.60. The number of rotatable bonds is 1. The zero-order valence-corrected chi connectivity index (χ0v) is 11.0. The van der Waals surface area contributed by atoms with Crippen LogP contribution in [0.5, 0.6) is 0 Å².